The Bertz CT molecular complexity index is 855. The first-order valence-electron chi connectivity index (χ1n) is 8.81. The van der Waals surface area contributed by atoms with Crippen LogP contribution in [0.2, 0.25) is 0 Å². The van der Waals surface area contributed by atoms with E-state index in [9.17, 15) is 9.18 Å². The number of hydrogen-bond acceptors (Lipinski definition) is 1. The molecule has 0 fully saturated rings. The zero-order valence-corrected chi connectivity index (χ0v) is 14.4. The zero-order chi connectivity index (χ0) is 17.6. The molecule has 0 unspecified atom stereocenters. The van der Waals surface area contributed by atoms with Crippen molar-refractivity contribution in [3.8, 4) is 11.3 Å². The van der Waals surface area contributed by atoms with E-state index in [2.05, 4.69) is 17.2 Å². The smallest absolute Gasteiger partial charge is 0.220 e. The molecule has 0 bridgehead atoms. The van der Waals surface area contributed by atoms with Gasteiger partial charge in [0.25, 0.3) is 0 Å². The Morgan fingerprint density at radius 1 is 1.16 bits per heavy atom. The molecule has 0 aliphatic rings. The Labute approximate surface area is 147 Å². The second kappa shape index (κ2) is 7.97. The van der Waals surface area contributed by atoms with E-state index in [1.165, 1.54) is 6.07 Å². The number of halogens is 1. The largest absolute Gasteiger partial charge is 0.356 e. The average Bonchev–Trinajstić information content (AvgIpc) is 2.98. The van der Waals surface area contributed by atoms with Crippen molar-refractivity contribution in [2.24, 2.45) is 0 Å². The van der Waals surface area contributed by atoms with Crippen LogP contribution in [0.3, 0.4) is 0 Å². The predicted molar refractivity (Wildman–Crippen MR) is 99.9 cm³/mol. The predicted octanol–water partition coefficient (Wildman–Crippen LogP) is 4.82. The van der Waals surface area contributed by atoms with Gasteiger partial charge < -0.3 is 10.3 Å². The summed E-state index contributed by atoms with van der Waals surface area (Å²) in [5.74, 6) is -0.224. The van der Waals surface area contributed by atoms with Crippen molar-refractivity contribution in [2.75, 3.05) is 6.54 Å². The summed E-state index contributed by atoms with van der Waals surface area (Å²) in [7, 11) is 0. The highest BCUT2D eigenvalue weighted by Crippen LogP contribution is 2.31. The van der Waals surface area contributed by atoms with Crippen molar-refractivity contribution < 1.29 is 9.18 Å². The number of benzene rings is 2. The number of aromatic nitrogens is 1. The van der Waals surface area contributed by atoms with Crippen LogP contribution in [0, 0.1) is 5.82 Å². The lowest BCUT2D eigenvalue weighted by atomic mass is 10.0. The van der Waals surface area contributed by atoms with E-state index >= 15 is 0 Å². The molecule has 0 aliphatic carbocycles. The summed E-state index contributed by atoms with van der Waals surface area (Å²) in [4.78, 5) is 15.5. The topological polar surface area (TPSA) is 44.9 Å². The molecule has 0 spiro atoms. The maximum absolute atomic E-state index is 13.7. The third-order valence-electron chi connectivity index (χ3n) is 4.39. The lowest BCUT2D eigenvalue weighted by Crippen LogP contribution is -2.24. The number of nitrogens with one attached hydrogen (secondary N) is 2. The lowest BCUT2D eigenvalue weighted by Gasteiger charge is -2.07. The Kier molecular flexibility index (Phi) is 5.49. The first kappa shape index (κ1) is 17.2. The van der Waals surface area contributed by atoms with Gasteiger partial charge in [-0.05, 0) is 42.2 Å². The van der Waals surface area contributed by atoms with Crippen molar-refractivity contribution in [1.82, 2.24) is 10.3 Å². The number of hydrogen-bond donors (Lipinski definition) is 2. The van der Waals surface area contributed by atoms with Crippen LogP contribution in [0.4, 0.5) is 4.39 Å². The molecule has 0 radical (unpaired) electrons. The molecule has 130 valence electrons. The summed E-state index contributed by atoms with van der Waals surface area (Å²) in [5.41, 5.74) is 3.89. The van der Waals surface area contributed by atoms with Crippen molar-refractivity contribution in [1.29, 1.82) is 0 Å². The van der Waals surface area contributed by atoms with Gasteiger partial charge in [0.1, 0.15) is 5.82 Å². The number of aromatic amines is 1. The number of H-pyrrole nitrogens is 1. The molecule has 2 N–H and O–H groups in total. The second-order valence-electron chi connectivity index (χ2n) is 6.24. The summed E-state index contributed by atoms with van der Waals surface area (Å²) >= 11 is 0. The molecule has 1 aromatic heterocycles. The number of amides is 1. The van der Waals surface area contributed by atoms with Gasteiger partial charge in [0.05, 0.1) is 0 Å². The van der Waals surface area contributed by atoms with Crippen LogP contribution in [-0.4, -0.2) is 17.4 Å². The van der Waals surface area contributed by atoms with Gasteiger partial charge in [-0.2, -0.15) is 0 Å². The van der Waals surface area contributed by atoms with E-state index in [1.807, 2.05) is 30.3 Å². The molecular weight excluding hydrogens is 315 g/mol. The molecule has 0 aliphatic heterocycles. The molecule has 1 heterocycles. The quantitative estimate of drug-likeness (QED) is 0.596. The minimum atomic E-state index is -0.264. The number of rotatable bonds is 7. The Hall–Kier alpha value is -2.62. The van der Waals surface area contributed by atoms with E-state index < -0.39 is 0 Å². The minimum Gasteiger partial charge on any atom is -0.356 e. The molecule has 3 aromatic rings. The maximum atomic E-state index is 13.7. The van der Waals surface area contributed by atoms with Crippen molar-refractivity contribution in [2.45, 2.75) is 32.6 Å². The van der Waals surface area contributed by atoms with Crippen LogP contribution in [-0.2, 0) is 11.2 Å². The first-order valence-corrected chi connectivity index (χ1v) is 8.81. The van der Waals surface area contributed by atoms with Gasteiger partial charge in [-0.1, -0.05) is 43.7 Å². The van der Waals surface area contributed by atoms with Crippen LogP contribution in [0.25, 0.3) is 22.2 Å². The van der Waals surface area contributed by atoms with E-state index in [1.54, 1.807) is 12.1 Å². The highest BCUT2D eigenvalue weighted by atomic mass is 19.1. The van der Waals surface area contributed by atoms with Crippen LogP contribution in [0.5, 0.6) is 0 Å². The highest BCUT2D eigenvalue weighted by Gasteiger charge is 2.15. The number of carbonyl (C=O) groups excluding carboxylic acids is 1. The standard InChI is InChI=1S/C21H23FN2O/c1-2-3-13-23-20(25)12-10-17-18-14-16(22)9-11-19(18)24-21(17)15-7-5-4-6-8-15/h4-9,11,14,24H,2-3,10,12-13H2,1H3,(H,23,25). The Balaban J connectivity index is 1.89. The monoisotopic (exact) mass is 338 g/mol. The first-order chi connectivity index (χ1) is 12.2. The fraction of sp³-hybridized carbons (Fsp3) is 0.286. The molecule has 4 heteroatoms. The van der Waals surface area contributed by atoms with Gasteiger partial charge in [-0.3, -0.25) is 4.79 Å². The van der Waals surface area contributed by atoms with Gasteiger partial charge in [0.15, 0.2) is 0 Å². The molecule has 2 aromatic carbocycles. The molecule has 3 nitrogen and oxygen atoms in total. The normalized spacial score (nSPS) is 11.0. The van der Waals surface area contributed by atoms with Crippen LogP contribution in [0.1, 0.15) is 31.7 Å². The highest BCUT2D eigenvalue weighted by molar-refractivity contribution is 5.91. The van der Waals surface area contributed by atoms with Gasteiger partial charge >= 0.3 is 0 Å². The SMILES string of the molecule is CCCCNC(=O)CCc1c(-c2ccccc2)[nH]c2ccc(F)cc12. The molecule has 25 heavy (non-hydrogen) atoms. The lowest BCUT2D eigenvalue weighted by molar-refractivity contribution is -0.121. The van der Waals surface area contributed by atoms with Crippen molar-refractivity contribution in [3.05, 3.63) is 59.9 Å². The molecule has 3 rings (SSSR count). The fourth-order valence-electron chi connectivity index (χ4n) is 3.06. The summed E-state index contributed by atoms with van der Waals surface area (Å²) in [6, 6.07) is 14.7. The maximum Gasteiger partial charge on any atom is 0.220 e. The number of unbranched alkanes of at least 4 members (excludes halogenated alkanes) is 1. The fourth-order valence-corrected chi connectivity index (χ4v) is 3.06. The third kappa shape index (κ3) is 4.08. The number of carbonyl (C=O) groups is 1. The van der Waals surface area contributed by atoms with Crippen molar-refractivity contribution in [3.63, 3.8) is 0 Å². The summed E-state index contributed by atoms with van der Waals surface area (Å²) in [6.45, 7) is 2.81. The number of aryl methyl sites for hydroxylation is 1. The summed E-state index contributed by atoms with van der Waals surface area (Å²) in [5, 5.41) is 3.79. The molecule has 0 saturated carbocycles. The van der Waals surface area contributed by atoms with E-state index in [4.69, 9.17) is 0 Å². The van der Waals surface area contributed by atoms with E-state index in [0.29, 0.717) is 19.4 Å². The average molecular weight is 338 g/mol. The Morgan fingerprint density at radius 3 is 2.72 bits per heavy atom. The Morgan fingerprint density at radius 2 is 1.96 bits per heavy atom. The summed E-state index contributed by atoms with van der Waals surface area (Å²) < 4.78 is 13.7. The van der Waals surface area contributed by atoms with Gasteiger partial charge in [-0.15, -0.1) is 0 Å². The van der Waals surface area contributed by atoms with Crippen LogP contribution in [0.15, 0.2) is 48.5 Å². The third-order valence-corrected chi connectivity index (χ3v) is 4.39. The number of fused-ring (bicyclic) bond motifs is 1. The molecule has 0 saturated heterocycles. The van der Waals surface area contributed by atoms with Crippen molar-refractivity contribution >= 4 is 16.8 Å². The van der Waals surface area contributed by atoms with Crippen LogP contribution >= 0.6 is 0 Å². The second-order valence-corrected chi connectivity index (χ2v) is 6.24. The van der Waals surface area contributed by atoms with E-state index in [0.717, 1.165) is 40.6 Å². The van der Waals surface area contributed by atoms with Gasteiger partial charge in [0, 0.05) is 29.6 Å². The van der Waals surface area contributed by atoms with Crippen LogP contribution < -0.4 is 5.32 Å². The molecule has 0 atom stereocenters. The molecular formula is C21H23FN2O. The van der Waals surface area contributed by atoms with Gasteiger partial charge in [-0.25, -0.2) is 4.39 Å². The summed E-state index contributed by atoms with van der Waals surface area (Å²) in [6.07, 6.45) is 3.01. The molecule has 1 amide bonds. The minimum absolute atomic E-state index is 0.0400. The van der Waals surface area contributed by atoms with E-state index in [-0.39, 0.29) is 11.7 Å². The zero-order valence-electron chi connectivity index (χ0n) is 14.4. The van der Waals surface area contributed by atoms with Gasteiger partial charge in [0.2, 0.25) is 5.91 Å².